The summed E-state index contributed by atoms with van der Waals surface area (Å²) < 4.78 is 10.6. The number of likely N-dealkylation sites (tertiary alicyclic amines) is 1. The van der Waals surface area contributed by atoms with Crippen LogP contribution in [0, 0.1) is 11.8 Å². The second-order valence-electron chi connectivity index (χ2n) is 6.15. The van der Waals surface area contributed by atoms with Crippen molar-refractivity contribution in [3.63, 3.8) is 0 Å². The molecule has 0 bridgehead atoms. The predicted octanol–water partition coefficient (Wildman–Crippen LogP) is 1.74. The van der Waals surface area contributed by atoms with E-state index in [4.69, 9.17) is 9.47 Å². The van der Waals surface area contributed by atoms with Crippen LogP contribution < -0.4 is 14.8 Å². The molecule has 0 aliphatic carbocycles. The van der Waals surface area contributed by atoms with Gasteiger partial charge in [-0.3, -0.25) is 4.79 Å². The van der Waals surface area contributed by atoms with E-state index >= 15 is 0 Å². The Kier molecular flexibility index (Phi) is 6.13. The van der Waals surface area contributed by atoms with Crippen LogP contribution in [0.4, 0.5) is 0 Å². The van der Waals surface area contributed by atoms with Gasteiger partial charge < -0.3 is 19.7 Å². The third-order valence-corrected chi connectivity index (χ3v) is 4.84. The summed E-state index contributed by atoms with van der Waals surface area (Å²) in [5.41, 5.74) is 1.02. The minimum atomic E-state index is 0. The summed E-state index contributed by atoms with van der Waals surface area (Å²) >= 11 is 0. The standard InChI is InChI=1S/C17H24N2O3.ClH/c1-21-15-4-5-16(22-2)12(7-15)3-6-17(20)19-10-13-8-18-9-14(13)11-19;/h4-5,7,13-14,18H,3,6,8-11H2,1-2H3;1H/t13-,14+;. The summed E-state index contributed by atoms with van der Waals surface area (Å²) in [6, 6.07) is 5.72. The summed E-state index contributed by atoms with van der Waals surface area (Å²) in [5, 5.41) is 3.40. The van der Waals surface area contributed by atoms with Gasteiger partial charge in [0.05, 0.1) is 14.2 Å². The highest BCUT2D eigenvalue weighted by Gasteiger charge is 2.37. The summed E-state index contributed by atoms with van der Waals surface area (Å²) in [7, 11) is 3.30. The molecule has 23 heavy (non-hydrogen) atoms. The Morgan fingerprint density at radius 3 is 2.52 bits per heavy atom. The van der Waals surface area contributed by atoms with Crippen molar-refractivity contribution in [3.8, 4) is 11.5 Å². The fourth-order valence-corrected chi connectivity index (χ4v) is 3.54. The van der Waals surface area contributed by atoms with Crippen LogP contribution in [-0.4, -0.2) is 51.2 Å². The fraction of sp³-hybridized carbons (Fsp3) is 0.588. The molecule has 0 aromatic heterocycles. The highest BCUT2D eigenvalue weighted by molar-refractivity contribution is 5.85. The highest BCUT2D eigenvalue weighted by Crippen LogP contribution is 2.28. The Bertz CT molecular complexity index is 541. The van der Waals surface area contributed by atoms with Gasteiger partial charge in [-0.15, -0.1) is 12.4 Å². The molecule has 0 saturated carbocycles. The van der Waals surface area contributed by atoms with Crippen molar-refractivity contribution >= 4 is 18.3 Å². The molecule has 2 heterocycles. The van der Waals surface area contributed by atoms with E-state index in [1.807, 2.05) is 23.1 Å². The second kappa shape index (κ2) is 7.88. The lowest BCUT2D eigenvalue weighted by Gasteiger charge is -2.18. The Balaban J connectivity index is 0.00000192. The van der Waals surface area contributed by atoms with E-state index < -0.39 is 0 Å². The molecule has 1 aromatic rings. The third-order valence-electron chi connectivity index (χ3n) is 4.84. The Morgan fingerprint density at radius 2 is 1.91 bits per heavy atom. The van der Waals surface area contributed by atoms with E-state index in [1.165, 1.54) is 0 Å². The number of nitrogens with one attached hydrogen (secondary N) is 1. The maximum Gasteiger partial charge on any atom is 0.222 e. The summed E-state index contributed by atoms with van der Waals surface area (Å²) in [5.74, 6) is 3.16. The number of fused-ring (bicyclic) bond motifs is 1. The van der Waals surface area contributed by atoms with Gasteiger partial charge in [0.15, 0.2) is 0 Å². The fourth-order valence-electron chi connectivity index (χ4n) is 3.54. The molecule has 0 spiro atoms. The molecule has 6 heteroatoms. The van der Waals surface area contributed by atoms with Crippen molar-refractivity contribution in [3.05, 3.63) is 23.8 Å². The second-order valence-corrected chi connectivity index (χ2v) is 6.15. The number of carbonyl (C=O) groups excluding carboxylic acids is 1. The zero-order chi connectivity index (χ0) is 15.5. The number of carbonyl (C=O) groups is 1. The molecule has 2 fully saturated rings. The molecule has 0 unspecified atom stereocenters. The largest absolute Gasteiger partial charge is 0.497 e. The van der Waals surface area contributed by atoms with Crippen molar-refractivity contribution in [1.82, 2.24) is 10.2 Å². The Hall–Kier alpha value is -1.46. The van der Waals surface area contributed by atoms with Crippen molar-refractivity contribution in [2.75, 3.05) is 40.4 Å². The smallest absolute Gasteiger partial charge is 0.222 e. The average molecular weight is 341 g/mol. The minimum Gasteiger partial charge on any atom is -0.497 e. The van der Waals surface area contributed by atoms with Gasteiger partial charge in [0.25, 0.3) is 0 Å². The molecule has 2 saturated heterocycles. The topological polar surface area (TPSA) is 50.8 Å². The lowest BCUT2D eigenvalue weighted by atomic mass is 10.0. The van der Waals surface area contributed by atoms with E-state index in [-0.39, 0.29) is 18.3 Å². The van der Waals surface area contributed by atoms with Crippen LogP contribution in [0.1, 0.15) is 12.0 Å². The normalized spacial score (nSPS) is 22.4. The van der Waals surface area contributed by atoms with E-state index in [0.29, 0.717) is 24.7 Å². The van der Waals surface area contributed by atoms with Gasteiger partial charge in [-0.1, -0.05) is 0 Å². The SMILES string of the molecule is COc1ccc(OC)c(CCC(=O)N2C[C@H]3CNC[C@H]3C2)c1.Cl. The van der Waals surface area contributed by atoms with Crippen LogP contribution in [0.25, 0.3) is 0 Å². The number of hydrogen-bond acceptors (Lipinski definition) is 4. The maximum absolute atomic E-state index is 12.4. The first-order valence-electron chi connectivity index (χ1n) is 7.90. The quantitative estimate of drug-likeness (QED) is 0.887. The van der Waals surface area contributed by atoms with Crippen molar-refractivity contribution in [1.29, 1.82) is 0 Å². The molecule has 2 atom stereocenters. The van der Waals surface area contributed by atoms with E-state index in [2.05, 4.69) is 5.32 Å². The van der Waals surface area contributed by atoms with E-state index in [1.54, 1.807) is 14.2 Å². The number of methoxy groups -OCH3 is 2. The van der Waals surface area contributed by atoms with Gasteiger partial charge in [0.2, 0.25) is 5.91 Å². The molecule has 1 amide bonds. The summed E-state index contributed by atoms with van der Waals surface area (Å²) in [6.07, 6.45) is 1.21. The maximum atomic E-state index is 12.4. The van der Waals surface area contributed by atoms with Crippen LogP contribution in [0.3, 0.4) is 0 Å². The van der Waals surface area contributed by atoms with Gasteiger partial charge in [-0.05, 0) is 42.0 Å². The molecular weight excluding hydrogens is 316 g/mol. The molecule has 1 aromatic carbocycles. The zero-order valence-corrected chi connectivity index (χ0v) is 14.5. The zero-order valence-electron chi connectivity index (χ0n) is 13.7. The van der Waals surface area contributed by atoms with Gasteiger partial charge in [0.1, 0.15) is 11.5 Å². The average Bonchev–Trinajstić information content (AvgIpc) is 3.13. The van der Waals surface area contributed by atoms with Crippen molar-refractivity contribution in [2.45, 2.75) is 12.8 Å². The van der Waals surface area contributed by atoms with E-state index in [9.17, 15) is 4.79 Å². The number of aryl methyl sites for hydroxylation is 1. The molecule has 2 aliphatic heterocycles. The number of nitrogens with zero attached hydrogens (tertiary/aromatic N) is 1. The molecule has 2 aliphatic rings. The lowest BCUT2D eigenvalue weighted by Crippen LogP contribution is -2.32. The molecule has 0 radical (unpaired) electrons. The first-order valence-corrected chi connectivity index (χ1v) is 7.90. The highest BCUT2D eigenvalue weighted by atomic mass is 35.5. The molecule has 5 nitrogen and oxygen atoms in total. The summed E-state index contributed by atoms with van der Waals surface area (Å²) in [4.78, 5) is 14.5. The lowest BCUT2D eigenvalue weighted by molar-refractivity contribution is -0.130. The van der Waals surface area contributed by atoms with Gasteiger partial charge >= 0.3 is 0 Å². The summed E-state index contributed by atoms with van der Waals surface area (Å²) in [6.45, 7) is 3.92. The molecule has 128 valence electrons. The van der Waals surface area contributed by atoms with Crippen molar-refractivity contribution in [2.24, 2.45) is 11.8 Å². The monoisotopic (exact) mass is 340 g/mol. The van der Waals surface area contributed by atoms with Gasteiger partial charge in [-0.25, -0.2) is 0 Å². The number of ether oxygens (including phenoxy) is 2. The van der Waals surface area contributed by atoms with Gasteiger partial charge in [0, 0.05) is 32.6 Å². The van der Waals surface area contributed by atoms with Crippen LogP contribution >= 0.6 is 12.4 Å². The van der Waals surface area contributed by atoms with Crippen LogP contribution in [-0.2, 0) is 11.2 Å². The van der Waals surface area contributed by atoms with Crippen LogP contribution in [0.2, 0.25) is 0 Å². The Labute approximate surface area is 143 Å². The third kappa shape index (κ3) is 3.90. The van der Waals surface area contributed by atoms with E-state index in [0.717, 1.165) is 43.2 Å². The number of amides is 1. The molecule has 3 rings (SSSR count). The van der Waals surface area contributed by atoms with Crippen molar-refractivity contribution < 1.29 is 14.3 Å². The number of rotatable bonds is 5. The van der Waals surface area contributed by atoms with Gasteiger partial charge in [-0.2, -0.15) is 0 Å². The molecule has 1 N–H and O–H groups in total. The predicted molar refractivity (Wildman–Crippen MR) is 91.5 cm³/mol. The van der Waals surface area contributed by atoms with Crippen LogP contribution in [0.5, 0.6) is 11.5 Å². The molecular formula is C17H25ClN2O3. The first kappa shape index (κ1) is 17.9. The number of halogens is 1. The number of hydrogen-bond donors (Lipinski definition) is 1. The minimum absolute atomic E-state index is 0. The van der Waals surface area contributed by atoms with Crippen LogP contribution in [0.15, 0.2) is 18.2 Å². The Morgan fingerprint density at radius 1 is 1.22 bits per heavy atom. The first-order chi connectivity index (χ1) is 10.7. The number of benzene rings is 1.